The molecule has 1 aliphatic heterocycles. The number of nitriles is 1. The number of carbonyl (C=O) groups is 2. The summed E-state index contributed by atoms with van der Waals surface area (Å²) in [7, 11) is 0. The van der Waals surface area contributed by atoms with Gasteiger partial charge in [0.2, 0.25) is 5.91 Å². The van der Waals surface area contributed by atoms with Crippen LogP contribution in [0.2, 0.25) is 0 Å². The average Bonchev–Trinajstić information content (AvgIpc) is 3.18. The van der Waals surface area contributed by atoms with E-state index in [0.29, 0.717) is 23.8 Å². The largest absolute Gasteiger partial charge is 0.420 e. The highest BCUT2D eigenvalue weighted by molar-refractivity contribution is 7.98. The van der Waals surface area contributed by atoms with Crippen LogP contribution in [0.1, 0.15) is 29.2 Å². The van der Waals surface area contributed by atoms with Crippen molar-refractivity contribution in [2.75, 3.05) is 18.1 Å². The molecular formula is C23H20F6N4O2S. The maximum Gasteiger partial charge on any atom is 0.420 e. The third-order valence-corrected chi connectivity index (χ3v) is 6.55. The summed E-state index contributed by atoms with van der Waals surface area (Å²) in [6.07, 6.45) is -10.0. The molecule has 1 unspecified atom stereocenters. The molecule has 0 aliphatic carbocycles. The molecule has 0 spiro atoms. The van der Waals surface area contributed by atoms with Gasteiger partial charge in [0.15, 0.2) is 0 Å². The molecule has 1 atom stereocenters. The van der Waals surface area contributed by atoms with E-state index >= 15 is 0 Å². The molecule has 13 heteroatoms. The highest BCUT2D eigenvalue weighted by atomic mass is 32.2. The van der Waals surface area contributed by atoms with Crippen molar-refractivity contribution in [2.45, 2.75) is 41.7 Å². The minimum atomic E-state index is -5.93. The number of anilines is 1. The first-order chi connectivity index (χ1) is 16.8. The van der Waals surface area contributed by atoms with Gasteiger partial charge in [0.1, 0.15) is 6.04 Å². The quantitative estimate of drug-likeness (QED) is 0.418. The lowest BCUT2D eigenvalue weighted by Gasteiger charge is -2.31. The minimum absolute atomic E-state index is 0.0209. The summed E-state index contributed by atoms with van der Waals surface area (Å²) in [5, 5.41) is 11.3. The number of rotatable bonds is 6. The normalized spacial score (nSPS) is 15.9. The molecule has 2 amide bonds. The van der Waals surface area contributed by atoms with Crippen molar-refractivity contribution in [3.8, 4) is 6.07 Å². The molecule has 0 radical (unpaired) electrons. The number of carbonyl (C=O) groups excluding carboxylic acids is 2. The first-order valence-corrected chi connectivity index (χ1v) is 11.7. The second-order valence-corrected chi connectivity index (χ2v) is 8.83. The second kappa shape index (κ2) is 10.0. The number of amides is 2. The molecule has 0 fully saturated rings. The van der Waals surface area contributed by atoms with Gasteiger partial charge in [0.05, 0.1) is 6.07 Å². The van der Waals surface area contributed by atoms with Gasteiger partial charge in [-0.05, 0) is 47.2 Å². The van der Waals surface area contributed by atoms with Crippen LogP contribution in [0.4, 0.5) is 32.0 Å². The molecule has 3 N–H and O–H groups in total. The van der Waals surface area contributed by atoms with Gasteiger partial charge < -0.3 is 16.0 Å². The Kier molecular flexibility index (Phi) is 7.61. The Balaban J connectivity index is 1.93. The van der Waals surface area contributed by atoms with E-state index in [4.69, 9.17) is 11.0 Å². The summed E-state index contributed by atoms with van der Waals surface area (Å²) in [6.45, 7) is 0.193. The number of nitrogens with zero attached hydrogens (tertiary/aromatic N) is 2. The summed E-state index contributed by atoms with van der Waals surface area (Å²) in [6, 6.07) is 7.27. The van der Waals surface area contributed by atoms with Gasteiger partial charge in [-0.25, -0.2) is 0 Å². The number of alkyl halides is 6. The Hall–Kier alpha value is -3.24. The molecule has 0 bridgehead atoms. The van der Waals surface area contributed by atoms with Crippen LogP contribution in [-0.4, -0.2) is 41.9 Å². The number of halogens is 6. The summed E-state index contributed by atoms with van der Waals surface area (Å²) in [5.74, 6) is -1.09. The van der Waals surface area contributed by atoms with Crippen LogP contribution in [-0.2, 0) is 21.5 Å². The van der Waals surface area contributed by atoms with Gasteiger partial charge >= 0.3 is 12.4 Å². The van der Waals surface area contributed by atoms with Crippen molar-refractivity contribution < 1.29 is 35.9 Å². The summed E-state index contributed by atoms with van der Waals surface area (Å²) >= 11 is 1.47. The molecule has 0 aromatic heterocycles. The average molecular weight is 530 g/mol. The van der Waals surface area contributed by atoms with E-state index in [9.17, 15) is 35.9 Å². The summed E-state index contributed by atoms with van der Waals surface area (Å²) in [4.78, 5) is 28.0. The Morgan fingerprint density at radius 3 is 2.22 bits per heavy atom. The van der Waals surface area contributed by atoms with Crippen molar-refractivity contribution in [3.63, 3.8) is 0 Å². The van der Waals surface area contributed by atoms with Gasteiger partial charge in [0.25, 0.3) is 11.3 Å². The highest BCUT2D eigenvalue weighted by Crippen LogP contribution is 2.51. The van der Waals surface area contributed by atoms with E-state index in [-0.39, 0.29) is 31.1 Å². The monoisotopic (exact) mass is 530 g/mol. The van der Waals surface area contributed by atoms with Crippen LogP contribution in [0.5, 0.6) is 0 Å². The first kappa shape index (κ1) is 27.3. The Morgan fingerprint density at radius 2 is 1.72 bits per heavy atom. The number of benzene rings is 2. The van der Waals surface area contributed by atoms with Crippen LogP contribution in [0.3, 0.4) is 0 Å². The zero-order valence-corrected chi connectivity index (χ0v) is 19.5. The number of nitrogens with two attached hydrogens (primary N) is 1. The molecule has 1 heterocycles. The number of hydrogen-bond donors (Lipinski definition) is 2. The Labute approximate surface area is 206 Å². The summed E-state index contributed by atoms with van der Waals surface area (Å²) < 4.78 is 80.3. The van der Waals surface area contributed by atoms with Crippen LogP contribution >= 0.6 is 11.8 Å². The molecule has 2 aromatic carbocycles. The van der Waals surface area contributed by atoms with E-state index in [1.54, 1.807) is 12.1 Å². The molecular weight excluding hydrogens is 510 g/mol. The molecule has 2 aromatic rings. The highest BCUT2D eigenvalue weighted by Gasteiger charge is 2.72. The molecule has 3 rings (SSSR count). The SMILES string of the molecule is CSc1ccc2c(c1)CN(C(=O)CCN)C2C(=O)Nc1ccc(C(C#N)(C(F)(F)F)C(F)(F)F)cc1. The van der Waals surface area contributed by atoms with Gasteiger partial charge in [-0.1, -0.05) is 18.2 Å². The van der Waals surface area contributed by atoms with Crippen molar-refractivity contribution in [1.82, 2.24) is 4.90 Å². The van der Waals surface area contributed by atoms with Crippen LogP contribution in [0.25, 0.3) is 0 Å². The van der Waals surface area contributed by atoms with Gasteiger partial charge in [0, 0.05) is 30.1 Å². The van der Waals surface area contributed by atoms with Crippen LogP contribution in [0.15, 0.2) is 47.4 Å². The van der Waals surface area contributed by atoms with Crippen molar-refractivity contribution in [1.29, 1.82) is 5.26 Å². The van der Waals surface area contributed by atoms with E-state index in [2.05, 4.69) is 5.32 Å². The van der Waals surface area contributed by atoms with E-state index in [0.717, 1.165) is 22.6 Å². The topological polar surface area (TPSA) is 99.2 Å². The predicted molar refractivity (Wildman–Crippen MR) is 120 cm³/mol. The number of hydrogen-bond acceptors (Lipinski definition) is 5. The Bertz CT molecular complexity index is 1180. The fourth-order valence-corrected chi connectivity index (χ4v) is 4.50. The zero-order chi connectivity index (χ0) is 26.9. The van der Waals surface area contributed by atoms with Crippen molar-refractivity contribution in [2.24, 2.45) is 5.73 Å². The molecule has 0 saturated carbocycles. The lowest BCUT2D eigenvalue weighted by molar-refractivity contribution is -0.283. The molecule has 36 heavy (non-hydrogen) atoms. The van der Waals surface area contributed by atoms with E-state index in [1.807, 2.05) is 12.3 Å². The molecule has 192 valence electrons. The van der Waals surface area contributed by atoms with Crippen molar-refractivity contribution in [3.05, 3.63) is 59.2 Å². The predicted octanol–water partition coefficient (Wildman–Crippen LogP) is 4.67. The fourth-order valence-electron chi connectivity index (χ4n) is 4.03. The second-order valence-electron chi connectivity index (χ2n) is 7.95. The lowest BCUT2D eigenvalue weighted by Crippen LogP contribution is -2.52. The van der Waals surface area contributed by atoms with Crippen molar-refractivity contribution >= 4 is 29.3 Å². The molecule has 0 saturated heterocycles. The van der Waals surface area contributed by atoms with Gasteiger partial charge in [-0.15, -0.1) is 11.8 Å². The minimum Gasteiger partial charge on any atom is -0.330 e. The number of thioether (sulfide) groups is 1. The third-order valence-electron chi connectivity index (χ3n) is 5.83. The standard InChI is InChI=1S/C23H20F6N4O2S/c1-36-16-6-7-17-13(10-16)11-33(18(34)8-9-30)19(17)20(35)32-15-4-2-14(3-5-15)21(12-31,22(24,25)26)23(27,28)29/h2-7,10,19H,8-9,11,30H2,1H3,(H,32,35). The maximum absolute atomic E-state index is 13.4. The maximum atomic E-state index is 13.4. The first-order valence-electron chi connectivity index (χ1n) is 10.4. The van der Waals surface area contributed by atoms with Crippen LogP contribution < -0.4 is 11.1 Å². The summed E-state index contributed by atoms with van der Waals surface area (Å²) in [5.41, 5.74) is 0.585. The van der Waals surface area contributed by atoms with Gasteiger partial charge in [-0.2, -0.15) is 31.6 Å². The lowest BCUT2D eigenvalue weighted by atomic mass is 9.80. The zero-order valence-electron chi connectivity index (χ0n) is 18.7. The van der Waals surface area contributed by atoms with Crippen LogP contribution in [0, 0.1) is 11.3 Å². The molecule has 1 aliphatic rings. The van der Waals surface area contributed by atoms with Gasteiger partial charge in [-0.3, -0.25) is 9.59 Å². The smallest absolute Gasteiger partial charge is 0.330 e. The number of nitrogens with one attached hydrogen (secondary N) is 1. The fraction of sp³-hybridized carbons (Fsp3) is 0.348. The van der Waals surface area contributed by atoms with E-state index < -0.39 is 35.3 Å². The number of fused-ring (bicyclic) bond motifs is 1. The Morgan fingerprint density at radius 1 is 1.11 bits per heavy atom. The van der Waals surface area contributed by atoms with E-state index in [1.165, 1.54) is 16.7 Å². The molecule has 6 nitrogen and oxygen atoms in total. The third kappa shape index (κ3) is 4.75.